The van der Waals surface area contributed by atoms with Crippen LogP contribution in [0.2, 0.25) is 5.02 Å². The van der Waals surface area contributed by atoms with Crippen LogP contribution in [0.3, 0.4) is 0 Å². The Labute approximate surface area is 142 Å². The predicted octanol–water partition coefficient (Wildman–Crippen LogP) is 3.00. The molecule has 130 valence electrons. The standard InChI is InChI=1S/C15H17ClF3N5/c1-23-6-10(13-5-20-8-24(13)2)12(7-23)22-14-11(16)3-9(4-21-14)15(17,18)19/h3-5,8,10,12H,6-7H2,1-2H3,(H,21,22)/t10-,12-/m1/s1. The Balaban J connectivity index is 1.83. The van der Waals surface area contributed by atoms with E-state index in [9.17, 15) is 13.2 Å². The van der Waals surface area contributed by atoms with Gasteiger partial charge in [0, 0.05) is 50.2 Å². The van der Waals surface area contributed by atoms with Crippen molar-refractivity contribution in [3.63, 3.8) is 0 Å². The number of alkyl halides is 3. The molecule has 2 aromatic heterocycles. The Morgan fingerprint density at radius 2 is 2.00 bits per heavy atom. The molecule has 0 bridgehead atoms. The van der Waals surface area contributed by atoms with Crippen molar-refractivity contribution in [3.8, 4) is 0 Å². The number of nitrogens with zero attached hydrogens (tertiary/aromatic N) is 4. The summed E-state index contributed by atoms with van der Waals surface area (Å²) < 4.78 is 40.1. The number of aromatic nitrogens is 3. The van der Waals surface area contributed by atoms with E-state index in [4.69, 9.17) is 11.6 Å². The van der Waals surface area contributed by atoms with Crippen LogP contribution in [0.4, 0.5) is 19.0 Å². The van der Waals surface area contributed by atoms with Gasteiger partial charge in [-0.2, -0.15) is 13.2 Å². The third-order valence-electron chi connectivity index (χ3n) is 4.23. The summed E-state index contributed by atoms with van der Waals surface area (Å²) in [6.07, 6.45) is -0.125. The molecule has 3 rings (SSSR count). The Hall–Kier alpha value is -1.80. The highest BCUT2D eigenvalue weighted by Gasteiger charge is 2.35. The van der Waals surface area contributed by atoms with E-state index in [1.807, 2.05) is 18.7 Å². The molecule has 2 aromatic rings. The van der Waals surface area contributed by atoms with Gasteiger partial charge < -0.3 is 14.8 Å². The van der Waals surface area contributed by atoms with Gasteiger partial charge in [0.25, 0.3) is 0 Å². The van der Waals surface area contributed by atoms with Crippen LogP contribution in [0.25, 0.3) is 0 Å². The lowest BCUT2D eigenvalue weighted by Crippen LogP contribution is -2.29. The van der Waals surface area contributed by atoms with E-state index in [0.717, 1.165) is 31.0 Å². The lowest BCUT2D eigenvalue weighted by molar-refractivity contribution is -0.137. The summed E-state index contributed by atoms with van der Waals surface area (Å²) >= 11 is 6.00. The zero-order valence-corrected chi connectivity index (χ0v) is 13.9. The average Bonchev–Trinajstić information content (AvgIpc) is 3.05. The second-order valence-electron chi connectivity index (χ2n) is 6.06. The first kappa shape index (κ1) is 17.0. The molecule has 0 radical (unpaired) electrons. The van der Waals surface area contributed by atoms with Crippen molar-refractivity contribution in [3.05, 3.63) is 41.1 Å². The Morgan fingerprint density at radius 3 is 2.58 bits per heavy atom. The van der Waals surface area contributed by atoms with Crippen LogP contribution in [0.5, 0.6) is 0 Å². The molecule has 0 spiro atoms. The Bertz CT molecular complexity index is 730. The highest BCUT2D eigenvalue weighted by molar-refractivity contribution is 6.33. The molecule has 1 aliphatic rings. The quantitative estimate of drug-likeness (QED) is 0.915. The minimum absolute atomic E-state index is 0.0212. The zero-order valence-electron chi connectivity index (χ0n) is 13.2. The molecule has 1 aliphatic heterocycles. The fraction of sp³-hybridized carbons (Fsp3) is 0.467. The van der Waals surface area contributed by atoms with Crippen LogP contribution < -0.4 is 5.32 Å². The van der Waals surface area contributed by atoms with Crippen LogP contribution in [0.15, 0.2) is 24.8 Å². The highest BCUT2D eigenvalue weighted by Crippen LogP contribution is 2.34. The van der Waals surface area contributed by atoms with E-state index in [-0.39, 0.29) is 22.8 Å². The number of likely N-dealkylation sites (N-methyl/N-ethyl adjacent to an activating group) is 1. The molecule has 2 atom stereocenters. The molecule has 1 fully saturated rings. The number of rotatable bonds is 3. The van der Waals surface area contributed by atoms with Gasteiger partial charge in [0.1, 0.15) is 5.82 Å². The van der Waals surface area contributed by atoms with Crippen LogP contribution in [-0.4, -0.2) is 45.6 Å². The second-order valence-corrected chi connectivity index (χ2v) is 6.47. The molecule has 9 heteroatoms. The first-order valence-corrected chi connectivity index (χ1v) is 7.77. The van der Waals surface area contributed by atoms with Crippen LogP contribution in [-0.2, 0) is 13.2 Å². The fourth-order valence-electron chi connectivity index (χ4n) is 3.05. The number of likely N-dealkylation sites (tertiary alicyclic amines) is 1. The second kappa shape index (κ2) is 6.25. The summed E-state index contributed by atoms with van der Waals surface area (Å²) in [6.45, 7) is 1.55. The lowest BCUT2D eigenvalue weighted by Gasteiger charge is -2.21. The summed E-state index contributed by atoms with van der Waals surface area (Å²) in [5, 5.41) is 3.15. The van der Waals surface area contributed by atoms with Crippen molar-refractivity contribution in [2.75, 3.05) is 25.5 Å². The number of halogens is 4. The van der Waals surface area contributed by atoms with Crippen LogP contribution in [0.1, 0.15) is 17.2 Å². The van der Waals surface area contributed by atoms with Crippen molar-refractivity contribution in [1.29, 1.82) is 0 Å². The van der Waals surface area contributed by atoms with Crippen molar-refractivity contribution in [2.45, 2.75) is 18.1 Å². The minimum atomic E-state index is -4.46. The van der Waals surface area contributed by atoms with Gasteiger partial charge in [-0.1, -0.05) is 11.6 Å². The van der Waals surface area contributed by atoms with Gasteiger partial charge >= 0.3 is 6.18 Å². The smallest absolute Gasteiger partial charge is 0.364 e. The average molecular weight is 360 g/mol. The maximum Gasteiger partial charge on any atom is 0.417 e. The Kier molecular flexibility index (Phi) is 4.44. The van der Waals surface area contributed by atoms with E-state index >= 15 is 0 Å². The monoisotopic (exact) mass is 359 g/mol. The van der Waals surface area contributed by atoms with Crippen molar-refractivity contribution in [2.24, 2.45) is 7.05 Å². The predicted molar refractivity (Wildman–Crippen MR) is 85.1 cm³/mol. The summed E-state index contributed by atoms with van der Waals surface area (Å²) in [6, 6.07) is 0.876. The molecule has 0 amide bonds. The molecule has 0 aliphatic carbocycles. The van der Waals surface area contributed by atoms with E-state index < -0.39 is 11.7 Å². The summed E-state index contributed by atoms with van der Waals surface area (Å²) in [5.74, 6) is 0.403. The molecule has 24 heavy (non-hydrogen) atoms. The number of nitrogens with one attached hydrogen (secondary N) is 1. The van der Waals surface area contributed by atoms with E-state index in [1.165, 1.54) is 0 Å². The van der Waals surface area contributed by atoms with Crippen molar-refractivity contribution >= 4 is 17.4 Å². The fourth-order valence-corrected chi connectivity index (χ4v) is 3.27. The molecule has 0 saturated carbocycles. The maximum absolute atomic E-state index is 12.7. The van der Waals surface area contributed by atoms with Gasteiger partial charge in [-0.05, 0) is 13.1 Å². The number of hydrogen-bond acceptors (Lipinski definition) is 4. The SMILES string of the molecule is CN1C[C@@H](Nc2ncc(C(F)(F)F)cc2Cl)[C@H](c2cncn2C)C1. The van der Waals surface area contributed by atoms with Gasteiger partial charge in [-0.15, -0.1) is 0 Å². The minimum Gasteiger partial charge on any atom is -0.364 e. The molecule has 3 heterocycles. The molecule has 1 saturated heterocycles. The van der Waals surface area contributed by atoms with Crippen molar-refractivity contribution < 1.29 is 13.2 Å². The number of pyridine rings is 1. The van der Waals surface area contributed by atoms with Gasteiger partial charge in [-0.25, -0.2) is 9.97 Å². The van der Waals surface area contributed by atoms with Gasteiger partial charge in [-0.3, -0.25) is 0 Å². The summed E-state index contributed by atoms with van der Waals surface area (Å²) in [4.78, 5) is 10.2. The summed E-state index contributed by atoms with van der Waals surface area (Å²) in [7, 11) is 3.91. The molecule has 5 nitrogen and oxygen atoms in total. The largest absolute Gasteiger partial charge is 0.417 e. The third kappa shape index (κ3) is 3.34. The van der Waals surface area contributed by atoms with E-state index in [2.05, 4.69) is 20.2 Å². The highest BCUT2D eigenvalue weighted by atomic mass is 35.5. The van der Waals surface area contributed by atoms with Gasteiger partial charge in [0.05, 0.1) is 16.9 Å². The normalized spacial score (nSPS) is 22.1. The number of anilines is 1. The summed E-state index contributed by atoms with van der Waals surface area (Å²) in [5.41, 5.74) is 0.199. The molecular formula is C15H17ClF3N5. The van der Waals surface area contributed by atoms with Gasteiger partial charge in [0.2, 0.25) is 0 Å². The maximum atomic E-state index is 12.7. The first-order chi connectivity index (χ1) is 11.3. The van der Waals surface area contributed by atoms with Gasteiger partial charge in [0.15, 0.2) is 0 Å². The van der Waals surface area contributed by atoms with Crippen LogP contribution >= 0.6 is 11.6 Å². The molecule has 1 N–H and O–H groups in total. The molecule has 0 aromatic carbocycles. The number of hydrogen-bond donors (Lipinski definition) is 1. The lowest BCUT2D eigenvalue weighted by atomic mass is 10.00. The number of aryl methyl sites for hydroxylation is 1. The first-order valence-electron chi connectivity index (χ1n) is 7.39. The number of imidazole rings is 1. The van der Waals surface area contributed by atoms with Crippen molar-refractivity contribution in [1.82, 2.24) is 19.4 Å². The molecule has 0 unspecified atom stereocenters. The van der Waals surface area contributed by atoms with E-state index in [0.29, 0.717) is 0 Å². The van der Waals surface area contributed by atoms with E-state index in [1.54, 1.807) is 12.5 Å². The third-order valence-corrected chi connectivity index (χ3v) is 4.52. The van der Waals surface area contributed by atoms with Crippen LogP contribution in [0, 0.1) is 0 Å². The topological polar surface area (TPSA) is 46.0 Å². The zero-order chi connectivity index (χ0) is 17.5. The molecular weight excluding hydrogens is 343 g/mol. The Morgan fingerprint density at radius 1 is 1.25 bits per heavy atom.